The molecule has 2 aliphatic heterocycles. The summed E-state index contributed by atoms with van der Waals surface area (Å²) in [6.45, 7) is 0.925. The monoisotopic (exact) mass is 263 g/mol. The van der Waals surface area contributed by atoms with Gasteiger partial charge in [-0.1, -0.05) is 0 Å². The number of nitrogens with zero attached hydrogens (tertiary/aromatic N) is 2. The van der Waals surface area contributed by atoms with E-state index in [0.29, 0.717) is 13.2 Å². The minimum atomic E-state index is -0.544. The van der Waals surface area contributed by atoms with E-state index in [4.69, 9.17) is 4.74 Å². The quantitative estimate of drug-likeness (QED) is 0.655. The van der Waals surface area contributed by atoms with Crippen LogP contribution in [0.5, 0.6) is 5.75 Å². The van der Waals surface area contributed by atoms with Gasteiger partial charge in [0.25, 0.3) is 5.91 Å². The van der Waals surface area contributed by atoms with Crippen LogP contribution in [0.3, 0.4) is 0 Å². The Kier molecular flexibility index (Phi) is 1.88. The van der Waals surface area contributed by atoms with Crippen LogP contribution in [0.15, 0.2) is 17.1 Å². The lowest BCUT2D eigenvalue weighted by atomic mass is 10.1. The largest absolute Gasteiger partial charge is 0.502 e. The first-order valence-electron chi connectivity index (χ1n) is 6.25. The van der Waals surface area contributed by atoms with Gasteiger partial charge >= 0.3 is 0 Å². The number of aromatic nitrogens is 1. The normalized spacial score (nSPS) is 26.6. The first-order valence-corrected chi connectivity index (χ1v) is 6.25. The molecule has 7 heteroatoms. The third kappa shape index (κ3) is 1.30. The maximum Gasteiger partial charge on any atom is 0.278 e. The fourth-order valence-corrected chi connectivity index (χ4v) is 2.93. The van der Waals surface area contributed by atoms with Gasteiger partial charge in [-0.2, -0.15) is 0 Å². The number of morpholine rings is 1. The fourth-order valence-electron chi connectivity index (χ4n) is 2.93. The van der Waals surface area contributed by atoms with Gasteiger partial charge in [-0.25, -0.2) is 0 Å². The molecule has 0 aromatic carbocycles. The molecule has 2 fully saturated rings. The molecule has 0 unspecified atom stereocenters. The Morgan fingerprint density at radius 3 is 2.95 bits per heavy atom. The van der Waals surface area contributed by atoms with E-state index in [1.807, 2.05) is 0 Å². The van der Waals surface area contributed by atoms with Crippen LogP contribution in [0.2, 0.25) is 0 Å². The second kappa shape index (κ2) is 3.30. The molecule has 7 nitrogen and oxygen atoms in total. The van der Waals surface area contributed by atoms with Crippen molar-refractivity contribution in [1.29, 1.82) is 0 Å². The molecule has 3 heterocycles. The molecule has 1 aromatic heterocycles. The van der Waals surface area contributed by atoms with E-state index in [1.165, 1.54) is 16.9 Å². The van der Waals surface area contributed by atoms with E-state index in [2.05, 4.69) is 5.43 Å². The minimum absolute atomic E-state index is 0.0110. The number of hydrogen-bond donors (Lipinski definition) is 2. The molecule has 1 aliphatic carbocycles. The molecule has 0 bridgehead atoms. The van der Waals surface area contributed by atoms with Crippen LogP contribution in [0.1, 0.15) is 23.3 Å². The number of carbonyl (C=O) groups is 1. The van der Waals surface area contributed by atoms with Crippen molar-refractivity contribution in [2.45, 2.75) is 24.5 Å². The first kappa shape index (κ1) is 10.9. The molecular weight excluding hydrogens is 250 g/mol. The highest BCUT2D eigenvalue weighted by molar-refractivity contribution is 5.97. The molecule has 3 aliphatic rings. The van der Waals surface area contributed by atoms with Crippen molar-refractivity contribution < 1.29 is 14.6 Å². The van der Waals surface area contributed by atoms with Crippen LogP contribution >= 0.6 is 0 Å². The summed E-state index contributed by atoms with van der Waals surface area (Å²) >= 11 is 0. The van der Waals surface area contributed by atoms with Gasteiger partial charge < -0.3 is 20.2 Å². The molecule has 19 heavy (non-hydrogen) atoms. The molecule has 1 aromatic rings. The third-order valence-electron chi connectivity index (χ3n) is 4.08. The van der Waals surface area contributed by atoms with Gasteiger partial charge in [0.05, 0.1) is 18.8 Å². The predicted molar refractivity (Wildman–Crippen MR) is 64.5 cm³/mol. The predicted octanol–water partition coefficient (Wildman–Crippen LogP) is -0.558. The van der Waals surface area contributed by atoms with E-state index in [1.54, 1.807) is 4.90 Å². The highest BCUT2D eigenvalue weighted by atomic mass is 16.5. The molecule has 0 radical (unpaired) electrons. The van der Waals surface area contributed by atoms with Gasteiger partial charge in [0, 0.05) is 12.3 Å². The van der Waals surface area contributed by atoms with Crippen LogP contribution in [0.25, 0.3) is 0 Å². The van der Waals surface area contributed by atoms with Crippen LogP contribution in [0, 0.1) is 0 Å². The lowest BCUT2D eigenvalue weighted by Gasteiger charge is -2.46. The van der Waals surface area contributed by atoms with E-state index in [9.17, 15) is 14.7 Å². The summed E-state index contributed by atoms with van der Waals surface area (Å²) in [6.07, 6.45) is 3.00. The van der Waals surface area contributed by atoms with E-state index in [-0.39, 0.29) is 23.3 Å². The van der Waals surface area contributed by atoms with Crippen LogP contribution in [-0.2, 0) is 4.74 Å². The van der Waals surface area contributed by atoms with Gasteiger partial charge in [-0.3, -0.25) is 14.3 Å². The van der Waals surface area contributed by atoms with Crippen LogP contribution in [-0.4, -0.2) is 45.5 Å². The van der Waals surface area contributed by atoms with Crippen molar-refractivity contribution in [3.63, 3.8) is 0 Å². The number of pyridine rings is 1. The highest BCUT2D eigenvalue weighted by Crippen LogP contribution is 2.46. The number of hydrogen-bond acceptors (Lipinski definition) is 5. The number of rotatable bonds is 0. The standard InChI is InChI=1S/C12H13N3O4/c16-7-1-4-14-9(10(7)17)11(18)15-8(13-14)5-19-6-12(15)2-3-12/h1,4,8,13,17H,2-3,5-6H2/t8-/m0/s1. The van der Waals surface area contributed by atoms with Crippen LogP contribution < -0.4 is 10.9 Å². The summed E-state index contributed by atoms with van der Waals surface area (Å²) in [6, 6.07) is 1.23. The van der Waals surface area contributed by atoms with Crippen molar-refractivity contribution >= 4 is 5.91 Å². The SMILES string of the molecule is O=C1c2c(O)c(=O)ccn2N[C@@H]2COCC3(CC3)N12. The van der Waals surface area contributed by atoms with Crippen molar-refractivity contribution in [3.8, 4) is 5.75 Å². The molecule has 1 saturated carbocycles. The summed E-state index contributed by atoms with van der Waals surface area (Å²) < 4.78 is 6.95. The van der Waals surface area contributed by atoms with Gasteiger partial charge in [-0.05, 0) is 12.8 Å². The fraction of sp³-hybridized carbons (Fsp3) is 0.500. The maximum atomic E-state index is 12.6. The lowest BCUT2D eigenvalue weighted by Crippen LogP contribution is -2.64. The molecule has 1 spiro atoms. The van der Waals surface area contributed by atoms with Crippen molar-refractivity contribution in [2.24, 2.45) is 0 Å². The summed E-state index contributed by atoms with van der Waals surface area (Å²) in [5, 5.41) is 9.84. The Morgan fingerprint density at radius 1 is 1.42 bits per heavy atom. The summed E-state index contributed by atoms with van der Waals surface area (Å²) in [5.41, 5.74) is 2.30. The van der Waals surface area contributed by atoms with Gasteiger partial charge in [0.15, 0.2) is 11.4 Å². The highest BCUT2D eigenvalue weighted by Gasteiger charge is 2.57. The van der Waals surface area contributed by atoms with Gasteiger partial charge in [0.2, 0.25) is 5.43 Å². The Hall–Kier alpha value is -2.02. The first-order chi connectivity index (χ1) is 9.12. The molecule has 100 valence electrons. The lowest BCUT2D eigenvalue weighted by molar-refractivity contribution is -0.0464. The Labute approximate surface area is 108 Å². The number of carbonyl (C=O) groups excluding carboxylic acids is 1. The zero-order valence-corrected chi connectivity index (χ0v) is 10.1. The Morgan fingerprint density at radius 2 is 2.21 bits per heavy atom. The average molecular weight is 263 g/mol. The molecule has 2 N–H and O–H groups in total. The summed E-state index contributed by atoms with van der Waals surface area (Å²) in [5.74, 6) is -0.805. The topological polar surface area (TPSA) is 83.8 Å². The number of nitrogens with one attached hydrogen (secondary N) is 1. The number of amides is 1. The minimum Gasteiger partial charge on any atom is -0.502 e. The van der Waals surface area contributed by atoms with Gasteiger partial charge in [-0.15, -0.1) is 0 Å². The maximum absolute atomic E-state index is 12.6. The molecule has 1 atom stereocenters. The zero-order valence-electron chi connectivity index (χ0n) is 10.1. The van der Waals surface area contributed by atoms with Crippen molar-refractivity contribution in [1.82, 2.24) is 9.58 Å². The van der Waals surface area contributed by atoms with E-state index in [0.717, 1.165) is 12.8 Å². The number of fused-ring (bicyclic) bond motifs is 3. The average Bonchev–Trinajstić information content (AvgIpc) is 3.14. The van der Waals surface area contributed by atoms with E-state index < -0.39 is 11.2 Å². The molecule has 1 amide bonds. The molecule has 1 saturated heterocycles. The smallest absolute Gasteiger partial charge is 0.278 e. The number of aromatic hydroxyl groups is 1. The van der Waals surface area contributed by atoms with E-state index >= 15 is 0 Å². The molecule has 4 rings (SSSR count). The number of ether oxygens (including phenoxy) is 1. The van der Waals surface area contributed by atoms with Crippen molar-refractivity contribution in [2.75, 3.05) is 18.6 Å². The molecular formula is C12H13N3O4. The third-order valence-corrected chi connectivity index (χ3v) is 4.08. The zero-order chi connectivity index (χ0) is 13.2. The summed E-state index contributed by atoms with van der Waals surface area (Å²) in [7, 11) is 0. The van der Waals surface area contributed by atoms with Crippen LogP contribution in [0.4, 0.5) is 0 Å². The Balaban J connectivity index is 1.88. The van der Waals surface area contributed by atoms with Crippen molar-refractivity contribution in [3.05, 3.63) is 28.2 Å². The second-order valence-electron chi connectivity index (χ2n) is 5.31. The van der Waals surface area contributed by atoms with Gasteiger partial charge in [0.1, 0.15) is 6.17 Å². The summed E-state index contributed by atoms with van der Waals surface area (Å²) in [4.78, 5) is 25.8. The second-order valence-corrected chi connectivity index (χ2v) is 5.31. The Bertz CT molecular complexity index is 634.